The lowest BCUT2D eigenvalue weighted by molar-refractivity contribution is 0.202. The van der Waals surface area contributed by atoms with Gasteiger partial charge in [-0.05, 0) is 62.3 Å². The van der Waals surface area contributed by atoms with Crippen LogP contribution in [0.5, 0.6) is 5.75 Å². The number of anilines is 4. The van der Waals surface area contributed by atoms with Crippen LogP contribution in [-0.4, -0.2) is 47.7 Å². The van der Waals surface area contributed by atoms with Crippen LogP contribution in [0.25, 0.3) is 0 Å². The van der Waals surface area contributed by atoms with Crippen molar-refractivity contribution in [2.75, 3.05) is 37.3 Å². The van der Waals surface area contributed by atoms with Crippen LogP contribution in [-0.2, 0) is 6.54 Å². The zero-order valence-electron chi connectivity index (χ0n) is 19.4. The molecule has 0 bridgehead atoms. The van der Waals surface area contributed by atoms with Crippen molar-refractivity contribution in [2.24, 2.45) is 0 Å². The van der Waals surface area contributed by atoms with Crippen molar-refractivity contribution in [3.63, 3.8) is 0 Å². The van der Waals surface area contributed by atoms with Crippen LogP contribution in [0, 0.1) is 6.92 Å². The summed E-state index contributed by atoms with van der Waals surface area (Å²) in [5.41, 5.74) is 4.06. The van der Waals surface area contributed by atoms with E-state index in [2.05, 4.69) is 49.9 Å². The number of nitrogens with one attached hydrogen (secondary N) is 3. The minimum absolute atomic E-state index is 0.252. The molecule has 2 aromatic carbocycles. The molecule has 1 aromatic heterocycles. The minimum atomic E-state index is 0.252. The van der Waals surface area contributed by atoms with E-state index in [4.69, 9.17) is 16.3 Å². The van der Waals surface area contributed by atoms with Crippen LogP contribution in [0.15, 0.2) is 48.7 Å². The monoisotopic (exact) mass is 466 g/mol. The summed E-state index contributed by atoms with van der Waals surface area (Å²) in [6, 6.07) is 14.1. The Bertz CT molecular complexity index is 1090. The molecule has 0 amide bonds. The number of likely N-dealkylation sites (tertiary alicyclic amines) is 1. The average Bonchev–Trinajstić information content (AvgIpc) is 3.27. The highest BCUT2D eigenvalue weighted by Crippen LogP contribution is 2.29. The van der Waals surface area contributed by atoms with Crippen LogP contribution < -0.4 is 20.7 Å². The van der Waals surface area contributed by atoms with Crippen molar-refractivity contribution in [1.82, 2.24) is 20.2 Å². The van der Waals surface area contributed by atoms with Crippen molar-refractivity contribution in [3.05, 3.63) is 64.8 Å². The SMILES string of the molecule is CCN1CCC(Oc2ccc(Nc3ncc(Cl)c(Nc4ccccc4CNC)n3)c(C)c2)C1. The first-order chi connectivity index (χ1) is 16.1. The lowest BCUT2D eigenvalue weighted by Crippen LogP contribution is -2.24. The molecule has 33 heavy (non-hydrogen) atoms. The molecule has 0 aliphatic carbocycles. The average molecular weight is 467 g/mol. The van der Waals surface area contributed by atoms with E-state index in [1.807, 2.05) is 44.3 Å². The van der Waals surface area contributed by atoms with Crippen molar-refractivity contribution < 1.29 is 4.74 Å². The van der Waals surface area contributed by atoms with E-state index >= 15 is 0 Å². The summed E-state index contributed by atoms with van der Waals surface area (Å²) in [5, 5.41) is 10.3. The molecule has 8 heteroatoms. The number of benzene rings is 2. The van der Waals surface area contributed by atoms with E-state index in [1.165, 1.54) is 0 Å². The molecule has 1 aliphatic heterocycles. The zero-order chi connectivity index (χ0) is 23.2. The van der Waals surface area contributed by atoms with E-state index in [1.54, 1.807) is 6.20 Å². The molecule has 7 nitrogen and oxygen atoms in total. The maximum absolute atomic E-state index is 6.38. The molecule has 174 valence electrons. The van der Waals surface area contributed by atoms with E-state index in [0.717, 1.165) is 60.9 Å². The Morgan fingerprint density at radius 3 is 2.76 bits per heavy atom. The topological polar surface area (TPSA) is 74.3 Å². The molecule has 4 rings (SSSR count). The fourth-order valence-electron chi connectivity index (χ4n) is 3.97. The molecule has 1 atom stereocenters. The summed E-state index contributed by atoms with van der Waals surface area (Å²) in [4.78, 5) is 11.4. The number of aryl methyl sites for hydroxylation is 1. The smallest absolute Gasteiger partial charge is 0.229 e. The van der Waals surface area contributed by atoms with Gasteiger partial charge in [0, 0.05) is 31.0 Å². The van der Waals surface area contributed by atoms with Crippen molar-refractivity contribution >= 4 is 34.7 Å². The standard InChI is InChI=1S/C25H31ClN6O/c1-4-32-12-11-20(16-32)33-19-9-10-22(17(2)13-19)30-25-28-15-21(26)24(31-25)29-23-8-6-5-7-18(23)14-27-3/h5-10,13,15,20,27H,4,11-12,14,16H2,1-3H3,(H2,28,29,30,31). The first kappa shape index (κ1) is 23.3. The Kier molecular flexibility index (Phi) is 7.65. The Labute approximate surface area is 200 Å². The van der Waals surface area contributed by atoms with Gasteiger partial charge in [-0.1, -0.05) is 36.7 Å². The first-order valence-electron chi connectivity index (χ1n) is 11.3. The summed E-state index contributed by atoms with van der Waals surface area (Å²) in [6.07, 6.45) is 2.92. The van der Waals surface area contributed by atoms with Gasteiger partial charge in [0.25, 0.3) is 0 Å². The number of aromatic nitrogens is 2. The van der Waals surface area contributed by atoms with Crippen LogP contribution in [0.4, 0.5) is 23.1 Å². The number of ether oxygens (including phenoxy) is 1. The summed E-state index contributed by atoms with van der Waals surface area (Å²) in [5.74, 6) is 1.91. The number of halogens is 1. The molecule has 1 unspecified atom stereocenters. The molecule has 1 aliphatic rings. The van der Waals surface area contributed by atoms with Gasteiger partial charge in [0.15, 0.2) is 5.82 Å². The van der Waals surface area contributed by atoms with Gasteiger partial charge in [0.2, 0.25) is 5.95 Å². The van der Waals surface area contributed by atoms with Crippen LogP contribution >= 0.6 is 11.6 Å². The van der Waals surface area contributed by atoms with E-state index in [0.29, 0.717) is 16.8 Å². The number of hydrogen-bond donors (Lipinski definition) is 3. The third-order valence-electron chi connectivity index (χ3n) is 5.81. The quantitative estimate of drug-likeness (QED) is 0.404. The van der Waals surface area contributed by atoms with E-state index in [-0.39, 0.29) is 6.10 Å². The molecular weight excluding hydrogens is 436 g/mol. The molecule has 0 spiro atoms. The number of para-hydroxylation sites is 1. The number of hydrogen-bond acceptors (Lipinski definition) is 7. The highest BCUT2D eigenvalue weighted by molar-refractivity contribution is 6.32. The predicted octanol–water partition coefficient (Wildman–Crippen LogP) is 5.12. The van der Waals surface area contributed by atoms with Crippen LogP contribution in [0.3, 0.4) is 0 Å². The van der Waals surface area contributed by atoms with Gasteiger partial charge in [-0.3, -0.25) is 4.90 Å². The molecule has 1 saturated heterocycles. The fraction of sp³-hybridized carbons (Fsp3) is 0.360. The van der Waals surface area contributed by atoms with Crippen molar-refractivity contribution in [2.45, 2.75) is 32.9 Å². The van der Waals surface area contributed by atoms with Crippen molar-refractivity contribution in [1.29, 1.82) is 0 Å². The molecule has 2 heterocycles. The van der Waals surface area contributed by atoms with Gasteiger partial charge >= 0.3 is 0 Å². The maximum Gasteiger partial charge on any atom is 0.229 e. The zero-order valence-corrected chi connectivity index (χ0v) is 20.1. The predicted molar refractivity (Wildman–Crippen MR) is 135 cm³/mol. The summed E-state index contributed by atoms with van der Waals surface area (Å²) in [7, 11) is 1.92. The van der Waals surface area contributed by atoms with Gasteiger partial charge in [-0.15, -0.1) is 0 Å². The lowest BCUT2D eigenvalue weighted by atomic mass is 10.2. The minimum Gasteiger partial charge on any atom is -0.489 e. The number of likely N-dealkylation sites (N-methyl/N-ethyl adjacent to an activating group) is 1. The van der Waals surface area contributed by atoms with Crippen molar-refractivity contribution in [3.8, 4) is 5.75 Å². The highest BCUT2D eigenvalue weighted by Gasteiger charge is 2.22. The molecule has 3 N–H and O–H groups in total. The Morgan fingerprint density at radius 1 is 1.15 bits per heavy atom. The van der Waals surface area contributed by atoms with Gasteiger partial charge in [0.05, 0.1) is 6.20 Å². The summed E-state index contributed by atoms with van der Waals surface area (Å²) < 4.78 is 6.19. The van der Waals surface area contributed by atoms with Gasteiger partial charge in [-0.25, -0.2) is 4.98 Å². The second-order valence-corrected chi connectivity index (χ2v) is 8.63. The molecule has 1 fully saturated rings. The Morgan fingerprint density at radius 2 is 2.00 bits per heavy atom. The molecule has 0 radical (unpaired) electrons. The Hall–Kier alpha value is -2.87. The second-order valence-electron chi connectivity index (χ2n) is 8.23. The van der Waals surface area contributed by atoms with Gasteiger partial charge in [-0.2, -0.15) is 4.98 Å². The fourth-order valence-corrected chi connectivity index (χ4v) is 4.11. The summed E-state index contributed by atoms with van der Waals surface area (Å²) >= 11 is 6.38. The highest BCUT2D eigenvalue weighted by atomic mass is 35.5. The molecule has 0 saturated carbocycles. The summed E-state index contributed by atoms with van der Waals surface area (Å²) in [6.45, 7) is 8.13. The van der Waals surface area contributed by atoms with Crippen LogP contribution in [0.2, 0.25) is 5.02 Å². The largest absolute Gasteiger partial charge is 0.489 e. The molecular formula is C25H31ClN6O. The lowest BCUT2D eigenvalue weighted by Gasteiger charge is -2.17. The third-order valence-corrected chi connectivity index (χ3v) is 6.08. The van der Waals surface area contributed by atoms with Gasteiger partial charge < -0.3 is 20.7 Å². The van der Waals surface area contributed by atoms with Gasteiger partial charge in [0.1, 0.15) is 16.9 Å². The number of rotatable bonds is 9. The van der Waals surface area contributed by atoms with Crippen LogP contribution in [0.1, 0.15) is 24.5 Å². The number of nitrogens with zero attached hydrogens (tertiary/aromatic N) is 3. The normalized spacial score (nSPS) is 16.1. The Balaban J connectivity index is 1.46. The molecule has 3 aromatic rings. The first-order valence-corrected chi connectivity index (χ1v) is 11.7. The van der Waals surface area contributed by atoms with E-state index in [9.17, 15) is 0 Å². The second kappa shape index (κ2) is 10.8. The maximum atomic E-state index is 6.38. The third kappa shape index (κ3) is 5.93. The van der Waals surface area contributed by atoms with E-state index < -0.39 is 0 Å².